The number of nitrogens with zero attached hydrogens (tertiary/aromatic N) is 1. The summed E-state index contributed by atoms with van der Waals surface area (Å²) in [6, 6.07) is 0. The minimum absolute atomic E-state index is 0.917. The van der Waals surface area contributed by atoms with Crippen molar-refractivity contribution < 1.29 is 0 Å². The molecular formula is C8H24N2. The maximum absolute atomic E-state index is 5.12. The molecular weight excluding hydrogens is 124 g/mol. The Balaban J connectivity index is -0.0000000847. The van der Waals surface area contributed by atoms with Gasteiger partial charge < -0.3 is 0 Å². The highest BCUT2D eigenvalue weighted by Crippen LogP contribution is 1.57. The molecule has 0 saturated carbocycles. The smallest absolute Gasteiger partial charge is 0.00966 e. The molecule has 0 aromatic rings. The van der Waals surface area contributed by atoms with Crippen molar-refractivity contribution in [2.24, 2.45) is 5.84 Å². The van der Waals surface area contributed by atoms with Gasteiger partial charge in [-0.05, 0) is 0 Å². The second kappa shape index (κ2) is 23.1. The molecule has 0 aromatic heterocycles. The molecule has 0 amide bonds. The third-order valence-electron chi connectivity index (χ3n) is 0.499. The predicted octanol–water partition coefficient (Wildman–Crippen LogP) is 2.25. The monoisotopic (exact) mass is 148 g/mol. The molecule has 0 atom stereocenters. The Labute approximate surface area is 66.4 Å². The van der Waals surface area contributed by atoms with Crippen LogP contribution in [0.5, 0.6) is 0 Å². The van der Waals surface area contributed by atoms with E-state index >= 15 is 0 Å². The van der Waals surface area contributed by atoms with Crippen LogP contribution in [0.15, 0.2) is 0 Å². The fourth-order valence-electron chi connectivity index (χ4n) is 0. The second-order valence-corrected chi connectivity index (χ2v) is 1.78. The normalized spacial score (nSPS) is 7.20. The van der Waals surface area contributed by atoms with Crippen molar-refractivity contribution in [2.75, 3.05) is 13.6 Å². The van der Waals surface area contributed by atoms with Crippen molar-refractivity contribution in [2.45, 2.75) is 41.0 Å². The van der Waals surface area contributed by atoms with Crippen LogP contribution in [0.25, 0.3) is 0 Å². The molecule has 0 unspecified atom stereocenters. The summed E-state index contributed by atoms with van der Waals surface area (Å²) < 4.78 is 0. The molecule has 10 heavy (non-hydrogen) atoms. The molecule has 0 aromatic carbocycles. The van der Waals surface area contributed by atoms with E-state index in [1.807, 2.05) is 27.8 Å². The lowest BCUT2D eigenvalue weighted by molar-refractivity contribution is 0.370. The van der Waals surface area contributed by atoms with E-state index in [2.05, 4.69) is 13.8 Å². The Morgan fingerprint density at radius 2 is 1.20 bits per heavy atom. The fourth-order valence-corrected chi connectivity index (χ4v) is 0. The summed E-state index contributed by atoms with van der Waals surface area (Å²) in [7, 11) is 1.83. The number of nitrogens with two attached hydrogens (primary N) is 1. The van der Waals surface area contributed by atoms with Gasteiger partial charge in [-0.1, -0.05) is 41.0 Å². The van der Waals surface area contributed by atoms with E-state index in [-0.39, 0.29) is 0 Å². The molecule has 0 aliphatic carbocycles. The highest BCUT2D eigenvalue weighted by molar-refractivity contribution is 4.21. The number of hydrazine groups is 1. The first kappa shape index (κ1) is 16.5. The van der Waals surface area contributed by atoms with Crippen molar-refractivity contribution in [3.05, 3.63) is 0 Å². The van der Waals surface area contributed by atoms with E-state index < -0.39 is 0 Å². The second-order valence-electron chi connectivity index (χ2n) is 1.78. The van der Waals surface area contributed by atoms with E-state index in [1.165, 1.54) is 6.42 Å². The molecule has 0 fully saturated rings. The zero-order chi connectivity index (χ0) is 8.99. The Morgan fingerprint density at radius 3 is 1.20 bits per heavy atom. The minimum atomic E-state index is 0.917. The summed E-state index contributed by atoms with van der Waals surface area (Å²) in [6.07, 6.45) is 1.25. The molecule has 0 radical (unpaired) electrons. The molecule has 0 bridgehead atoms. The fraction of sp³-hybridized carbons (Fsp3) is 1.00. The first-order valence-electron chi connectivity index (χ1n) is 4.14. The Hall–Kier alpha value is -0.0800. The van der Waals surface area contributed by atoms with Crippen molar-refractivity contribution >= 4 is 0 Å². The van der Waals surface area contributed by atoms with E-state index in [0.29, 0.717) is 0 Å². The van der Waals surface area contributed by atoms with Crippen LogP contribution in [-0.2, 0) is 0 Å². The molecule has 2 nitrogen and oxygen atoms in total. The molecule has 0 rings (SSSR count). The molecule has 2 N–H and O–H groups in total. The third-order valence-corrected chi connectivity index (χ3v) is 0.499. The van der Waals surface area contributed by atoms with Crippen LogP contribution in [0.4, 0.5) is 0 Å². The molecule has 0 aliphatic rings. The van der Waals surface area contributed by atoms with Crippen molar-refractivity contribution in [3.63, 3.8) is 0 Å². The average Bonchev–Trinajstić information content (AvgIpc) is 1.94. The summed E-state index contributed by atoms with van der Waals surface area (Å²) in [4.78, 5) is 0. The highest BCUT2D eigenvalue weighted by Gasteiger charge is 1.72. The van der Waals surface area contributed by atoms with Crippen LogP contribution < -0.4 is 5.84 Å². The Morgan fingerprint density at radius 1 is 1.10 bits per heavy atom. The average molecular weight is 148 g/mol. The van der Waals surface area contributed by atoms with Gasteiger partial charge in [-0.2, -0.15) is 0 Å². The standard InChI is InChI=1S/C3H10N2.C3H8.C2H6/c1-3-5(2)4;1-3-2;1-2/h3-4H2,1-2H3;3H2,1-2H3;1-2H3. The van der Waals surface area contributed by atoms with E-state index in [1.54, 1.807) is 5.01 Å². The maximum atomic E-state index is 5.12. The molecule has 0 aliphatic heterocycles. The van der Waals surface area contributed by atoms with Gasteiger partial charge in [0.25, 0.3) is 0 Å². The van der Waals surface area contributed by atoms with Crippen LogP contribution in [0.3, 0.4) is 0 Å². The summed E-state index contributed by atoms with van der Waals surface area (Å²) in [6.45, 7) is 11.2. The SMILES string of the molecule is CC.CCC.CCN(C)N. The van der Waals surface area contributed by atoms with Crippen LogP contribution in [0.1, 0.15) is 41.0 Å². The lowest BCUT2D eigenvalue weighted by atomic mass is 10.6. The number of rotatable bonds is 1. The zero-order valence-corrected chi connectivity index (χ0v) is 8.44. The summed E-state index contributed by atoms with van der Waals surface area (Å²) in [5.74, 6) is 5.12. The number of hydrogen-bond donors (Lipinski definition) is 1. The van der Waals surface area contributed by atoms with Gasteiger partial charge in [0.15, 0.2) is 0 Å². The summed E-state index contributed by atoms with van der Waals surface area (Å²) in [5, 5.41) is 1.62. The quantitative estimate of drug-likeness (QED) is 0.456. The van der Waals surface area contributed by atoms with Gasteiger partial charge in [-0.25, -0.2) is 0 Å². The van der Waals surface area contributed by atoms with Gasteiger partial charge in [0.2, 0.25) is 0 Å². The molecule has 2 heteroatoms. The van der Waals surface area contributed by atoms with Gasteiger partial charge in [-0.15, -0.1) is 0 Å². The van der Waals surface area contributed by atoms with E-state index in [9.17, 15) is 0 Å². The molecule has 0 heterocycles. The zero-order valence-electron chi connectivity index (χ0n) is 8.44. The largest absolute Gasteiger partial charge is 0.269 e. The lowest BCUT2D eigenvalue weighted by Crippen LogP contribution is -2.24. The molecule has 0 saturated heterocycles. The van der Waals surface area contributed by atoms with Crippen molar-refractivity contribution in [1.82, 2.24) is 5.01 Å². The predicted molar refractivity (Wildman–Crippen MR) is 49.8 cm³/mol. The first-order chi connectivity index (χ1) is 4.68. The topological polar surface area (TPSA) is 29.3 Å². The van der Waals surface area contributed by atoms with Gasteiger partial charge in [0, 0.05) is 13.6 Å². The highest BCUT2D eigenvalue weighted by atomic mass is 15.4. The third kappa shape index (κ3) is 103. The van der Waals surface area contributed by atoms with Crippen LogP contribution >= 0.6 is 0 Å². The van der Waals surface area contributed by atoms with E-state index in [4.69, 9.17) is 5.84 Å². The van der Waals surface area contributed by atoms with Gasteiger partial charge in [0.1, 0.15) is 0 Å². The van der Waals surface area contributed by atoms with Gasteiger partial charge in [-0.3, -0.25) is 10.9 Å². The Bertz CT molecular complexity index is 28.4. The van der Waals surface area contributed by atoms with Crippen LogP contribution in [0.2, 0.25) is 0 Å². The molecule has 0 spiro atoms. The summed E-state index contributed by atoms with van der Waals surface area (Å²) in [5.41, 5.74) is 0. The van der Waals surface area contributed by atoms with Gasteiger partial charge >= 0.3 is 0 Å². The maximum Gasteiger partial charge on any atom is 0.00966 e. The summed E-state index contributed by atoms with van der Waals surface area (Å²) >= 11 is 0. The van der Waals surface area contributed by atoms with Crippen molar-refractivity contribution in [3.8, 4) is 0 Å². The Kier molecular flexibility index (Phi) is 38.1. The van der Waals surface area contributed by atoms with Gasteiger partial charge in [0.05, 0.1) is 0 Å². The number of hydrogen-bond acceptors (Lipinski definition) is 2. The minimum Gasteiger partial charge on any atom is -0.269 e. The van der Waals surface area contributed by atoms with E-state index in [0.717, 1.165) is 6.54 Å². The van der Waals surface area contributed by atoms with Crippen LogP contribution in [0, 0.1) is 0 Å². The van der Waals surface area contributed by atoms with Crippen LogP contribution in [-0.4, -0.2) is 18.6 Å². The molecule has 66 valence electrons. The lowest BCUT2D eigenvalue weighted by Gasteiger charge is -2.00. The van der Waals surface area contributed by atoms with Crippen molar-refractivity contribution in [1.29, 1.82) is 0 Å². The first-order valence-corrected chi connectivity index (χ1v) is 4.14.